The third-order valence-corrected chi connectivity index (χ3v) is 8.37. The van der Waals surface area contributed by atoms with Crippen LogP contribution in [-0.2, 0) is 9.53 Å². The Morgan fingerprint density at radius 1 is 0.900 bits per heavy atom. The second-order valence-corrected chi connectivity index (χ2v) is 9.89. The van der Waals surface area contributed by atoms with Gasteiger partial charge >= 0.3 is 5.97 Å². The lowest BCUT2D eigenvalue weighted by Crippen LogP contribution is -2.31. The first-order valence-electron chi connectivity index (χ1n) is 7.26. The number of esters is 1. The van der Waals surface area contributed by atoms with E-state index in [0.717, 1.165) is 31.0 Å². The normalized spacial score (nSPS) is 10.6. The maximum Gasteiger partial charge on any atom is 0.330 e. The van der Waals surface area contributed by atoms with Gasteiger partial charge < -0.3 is 4.74 Å². The van der Waals surface area contributed by atoms with Crippen molar-refractivity contribution in [1.82, 2.24) is 0 Å². The molecule has 0 aromatic rings. The molecule has 0 unspecified atom stereocenters. The molecule has 0 aliphatic carbocycles. The summed E-state index contributed by atoms with van der Waals surface area (Å²) >= 11 is 0. The Hall–Kier alpha value is -1.35. The molecule has 0 saturated heterocycles. The molecule has 0 N–H and O–H groups in total. The zero-order valence-corrected chi connectivity index (χ0v) is 13.6. The largest absolute Gasteiger partial charge is 0.463 e. The Morgan fingerprint density at radius 3 is 1.90 bits per heavy atom. The Kier molecular flexibility index (Phi) is 10.7. The van der Waals surface area contributed by atoms with Crippen LogP contribution < -0.4 is 0 Å². The number of rotatable bonds is 13. The highest BCUT2D eigenvalue weighted by Crippen LogP contribution is 2.29. The first-order valence-corrected chi connectivity index (χ1v) is 10.1. The highest BCUT2D eigenvalue weighted by molar-refractivity contribution is 6.81. The molecule has 0 aromatic carbocycles. The average molecular weight is 292 g/mol. The SMILES string of the molecule is C=CC[Si](CC=C)(CC=C)CCCCCOC(=O)C=C. The van der Waals surface area contributed by atoms with E-state index in [0.29, 0.717) is 6.61 Å². The molecule has 0 spiro atoms. The Labute approximate surface area is 124 Å². The quantitative estimate of drug-likeness (QED) is 0.159. The maximum atomic E-state index is 10.9. The van der Waals surface area contributed by atoms with Crippen molar-refractivity contribution >= 4 is 14.0 Å². The Morgan fingerprint density at radius 2 is 1.45 bits per heavy atom. The molecular formula is C17H28O2Si. The summed E-state index contributed by atoms with van der Waals surface area (Å²) in [6, 6.07) is 4.62. The minimum absolute atomic E-state index is 0.335. The first kappa shape index (κ1) is 18.6. The van der Waals surface area contributed by atoms with Crippen molar-refractivity contribution in [3.8, 4) is 0 Å². The van der Waals surface area contributed by atoms with Gasteiger partial charge in [0.1, 0.15) is 0 Å². The van der Waals surface area contributed by atoms with E-state index in [-0.39, 0.29) is 5.97 Å². The van der Waals surface area contributed by atoms with Crippen LogP contribution >= 0.6 is 0 Å². The van der Waals surface area contributed by atoms with Crippen LogP contribution in [0.3, 0.4) is 0 Å². The lowest BCUT2D eigenvalue weighted by Gasteiger charge is -2.28. The predicted octanol–water partition coefficient (Wildman–Crippen LogP) is 4.89. The van der Waals surface area contributed by atoms with Gasteiger partial charge in [-0.1, -0.05) is 43.7 Å². The van der Waals surface area contributed by atoms with E-state index >= 15 is 0 Å². The van der Waals surface area contributed by atoms with E-state index in [9.17, 15) is 4.79 Å². The molecule has 0 heterocycles. The van der Waals surface area contributed by atoms with Gasteiger partial charge in [0, 0.05) is 6.08 Å². The molecule has 2 nitrogen and oxygen atoms in total. The molecular weight excluding hydrogens is 264 g/mol. The van der Waals surface area contributed by atoms with Gasteiger partial charge in [-0.15, -0.1) is 19.7 Å². The molecule has 0 amide bonds. The van der Waals surface area contributed by atoms with E-state index < -0.39 is 8.07 Å². The van der Waals surface area contributed by atoms with Crippen LogP contribution in [0.1, 0.15) is 19.3 Å². The van der Waals surface area contributed by atoms with Crippen molar-refractivity contribution in [2.24, 2.45) is 0 Å². The Balaban J connectivity index is 4.08. The lowest BCUT2D eigenvalue weighted by atomic mass is 10.3. The standard InChI is InChI=1S/C17H28O2Si/c1-5-13-20(14-6-2,15-7-3)16-11-9-10-12-19-17(18)8-4/h5-8H,1-4,9-16H2. The number of hydrogen-bond donors (Lipinski definition) is 0. The van der Waals surface area contributed by atoms with Gasteiger partial charge in [0.05, 0.1) is 14.7 Å². The van der Waals surface area contributed by atoms with Crippen LogP contribution in [0.5, 0.6) is 0 Å². The summed E-state index contributed by atoms with van der Waals surface area (Å²) in [4.78, 5) is 10.9. The predicted molar refractivity (Wildman–Crippen MR) is 90.6 cm³/mol. The summed E-state index contributed by atoms with van der Waals surface area (Å²) in [5, 5.41) is 0. The molecule has 0 radical (unpaired) electrons. The van der Waals surface area contributed by atoms with Crippen molar-refractivity contribution in [2.45, 2.75) is 43.4 Å². The van der Waals surface area contributed by atoms with Gasteiger partial charge in [-0.3, -0.25) is 0 Å². The van der Waals surface area contributed by atoms with Gasteiger partial charge in [-0.05, 0) is 24.6 Å². The highest BCUT2D eigenvalue weighted by atomic mass is 28.3. The second kappa shape index (κ2) is 11.5. The van der Waals surface area contributed by atoms with E-state index in [4.69, 9.17) is 4.74 Å². The number of allylic oxidation sites excluding steroid dienone is 3. The molecule has 112 valence electrons. The fourth-order valence-corrected chi connectivity index (χ4v) is 6.43. The maximum absolute atomic E-state index is 10.9. The zero-order valence-electron chi connectivity index (χ0n) is 12.6. The third kappa shape index (κ3) is 7.95. The summed E-state index contributed by atoms with van der Waals surface area (Å²) in [5.74, 6) is -0.335. The molecule has 0 saturated carbocycles. The van der Waals surface area contributed by atoms with E-state index in [1.165, 1.54) is 18.5 Å². The lowest BCUT2D eigenvalue weighted by molar-refractivity contribution is -0.137. The number of hydrogen-bond acceptors (Lipinski definition) is 2. The van der Waals surface area contributed by atoms with Crippen molar-refractivity contribution in [1.29, 1.82) is 0 Å². The fourth-order valence-electron chi connectivity index (χ4n) is 2.49. The minimum Gasteiger partial charge on any atom is -0.463 e. The van der Waals surface area contributed by atoms with Crippen molar-refractivity contribution < 1.29 is 9.53 Å². The van der Waals surface area contributed by atoms with Crippen molar-refractivity contribution in [2.75, 3.05) is 6.61 Å². The summed E-state index contributed by atoms with van der Waals surface area (Å²) in [6.07, 6.45) is 10.5. The highest BCUT2D eigenvalue weighted by Gasteiger charge is 2.27. The molecule has 20 heavy (non-hydrogen) atoms. The smallest absolute Gasteiger partial charge is 0.330 e. The summed E-state index contributed by atoms with van der Waals surface area (Å²) < 4.78 is 4.97. The molecule has 0 fully saturated rings. The van der Waals surface area contributed by atoms with Crippen LogP contribution in [-0.4, -0.2) is 20.7 Å². The van der Waals surface area contributed by atoms with Crippen molar-refractivity contribution in [3.05, 3.63) is 50.6 Å². The van der Waals surface area contributed by atoms with Crippen molar-refractivity contribution in [3.63, 3.8) is 0 Å². The number of carbonyl (C=O) groups excluding carboxylic acids is 1. The second-order valence-electron chi connectivity index (χ2n) is 5.16. The van der Waals surface area contributed by atoms with Crippen LogP contribution in [0.15, 0.2) is 50.6 Å². The van der Waals surface area contributed by atoms with E-state index in [1.807, 2.05) is 18.2 Å². The van der Waals surface area contributed by atoms with Crippen LogP contribution in [0, 0.1) is 0 Å². The Bertz CT molecular complexity index is 307. The fraction of sp³-hybridized carbons (Fsp3) is 0.471. The van der Waals surface area contributed by atoms with Gasteiger partial charge in [-0.25, -0.2) is 4.79 Å². The summed E-state index contributed by atoms with van der Waals surface area (Å²) in [7, 11) is -1.36. The molecule has 0 aliphatic rings. The van der Waals surface area contributed by atoms with Gasteiger partial charge in [-0.2, -0.15) is 0 Å². The minimum atomic E-state index is -1.36. The molecule has 0 aliphatic heterocycles. The van der Waals surface area contributed by atoms with E-state index in [2.05, 4.69) is 26.3 Å². The zero-order chi connectivity index (χ0) is 15.3. The van der Waals surface area contributed by atoms with Crippen LogP contribution in [0.25, 0.3) is 0 Å². The van der Waals surface area contributed by atoms with Crippen LogP contribution in [0.2, 0.25) is 24.2 Å². The van der Waals surface area contributed by atoms with Crippen LogP contribution in [0.4, 0.5) is 0 Å². The average Bonchev–Trinajstić information content (AvgIpc) is 2.43. The molecule has 0 atom stereocenters. The number of unbranched alkanes of at least 4 members (excludes halogenated alkanes) is 2. The summed E-state index contributed by atoms with van der Waals surface area (Å²) in [5.41, 5.74) is 0. The summed E-state index contributed by atoms with van der Waals surface area (Å²) in [6.45, 7) is 15.5. The number of ether oxygens (including phenoxy) is 1. The monoisotopic (exact) mass is 292 g/mol. The van der Waals surface area contributed by atoms with Gasteiger partial charge in [0.2, 0.25) is 0 Å². The first-order chi connectivity index (χ1) is 9.64. The molecule has 0 bridgehead atoms. The third-order valence-electron chi connectivity index (χ3n) is 3.49. The van der Waals surface area contributed by atoms with E-state index in [1.54, 1.807) is 0 Å². The van der Waals surface area contributed by atoms with Gasteiger partial charge in [0.25, 0.3) is 0 Å². The number of carbonyl (C=O) groups is 1. The molecule has 0 aromatic heterocycles. The molecule has 0 rings (SSSR count). The van der Waals surface area contributed by atoms with Gasteiger partial charge in [0.15, 0.2) is 0 Å². The molecule has 3 heteroatoms. The topological polar surface area (TPSA) is 26.3 Å².